The molecule has 3 amide bonds. The Morgan fingerprint density at radius 2 is 1.83 bits per heavy atom. The summed E-state index contributed by atoms with van der Waals surface area (Å²) in [4.78, 5) is 37.9. The lowest BCUT2D eigenvalue weighted by Crippen LogP contribution is -2.38. The van der Waals surface area contributed by atoms with E-state index in [9.17, 15) is 14.4 Å². The highest BCUT2D eigenvalue weighted by Crippen LogP contribution is 2.29. The van der Waals surface area contributed by atoms with Gasteiger partial charge in [0.25, 0.3) is 11.8 Å². The molecular weight excluding hydrogens is 328 g/mol. The minimum atomic E-state index is -0.414. The summed E-state index contributed by atoms with van der Waals surface area (Å²) >= 11 is 6.02. The first-order valence-corrected chi connectivity index (χ1v) is 8.90. The fourth-order valence-electron chi connectivity index (χ4n) is 3.43. The third-order valence-electron chi connectivity index (χ3n) is 4.73. The van der Waals surface area contributed by atoms with Crippen molar-refractivity contribution in [1.82, 2.24) is 10.2 Å². The van der Waals surface area contributed by atoms with Gasteiger partial charge in [0.2, 0.25) is 5.91 Å². The fraction of sp³-hybridized carbons (Fsp3) is 0.500. The van der Waals surface area contributed by atoms with Gasteiger partial charge in [0, 0.05) is 19.0 Å². The Bertz CT molecular complexity index is 666. The van der Waals surface area contributed by atoms with Crippen molar-refractivity contribution >= 4 is 29.3 Å². The standard InChI is InChI=1S/C18H21ClN2O3/c19-14-9-5-8-13-16(14)18(24)21(17(13)23)11-10-15(22)20-12-6-3-1-2-4-7-12/h5,8-9,12H,1-4,6-7,10-11H2,(H,20,22). The highest BCUT2D eigenvalue weighted by molar-refractivity contribution is 6.37. The van der Waals surface area contributed by atoms with Gasteiger partial charge in [-0.1, -0.05) is 43.4 Å². The predicted octanol–water partition coefficient (Wildman–Crippen LogP) is 3.17. The molecule has 1 aromatic rings. The molecular formula is C18H21ClN2O3. The molecule has 0 saturated heterocycles. The Labute approximate surface area is 146 Å². The van der Waals surface area contributed by atoms with Gasteiger partial charge in [0.15, 0.2) is 0 Å². The number of benzene rings is 1. The second-order valence-corrected chi connectivity index (χ2v) is 6.84. The van der Waals surface area contributed by atoms with E-state index in [4.69, 9.17) is 11.6 Å². The number of fused-ring (bicyclic) bond motifs is 1. The third kappa shape index (κ3) is 3.46. The van der Waals surface area contributed by atoms with Crippen LogP contribution in [-0.2, 0) is 4.79 Å². The molecule has 6 heteroatoms. The second kappa shape index (κ2) is 7.34. The van der Waals surface area contributed by atoms with E-state index in [2.05, 4.69) is 5.32 Å². The van der Waals surface area contributed by atoms with E-state index in [0.717, 1.165) is 30.6 Å². The van der Waals surface area contributed by atoms with E-state index < -0.39 is 5.91 Å². The quantitative estimate of drug-likeness (QED) is 0.671. The van der Waals surface area contributed by atoms with Crippen molar-refractivity contribution in [3.8, 4) is 0 Å². The van der Waals surface area contributed by atoms with Crippen LogP contribution in [0.1, 0.15) is 65.7 Å². The molecule has 1 heterocycles. The van der Waals surface area contributed by atoms with Gasteiger partial charge in [-0.2, -0.15) is 0 Å². The molecule has 1 N–H and O–H groups in total. The topological polar surface area (TPSA) is 66.5 Å². The number of amides is 3. The number of carbonyl (C=O) groups is 3. The summed E-state index contributed by atoms with van der Waals surface area (Å²) in [6, 6.07) is 5.05. The molecule has 1 aliphatic carbocycles. The lowest BCUT2D eigenvalue weighted by atomic mass is 10.1. The first-order valence-electron chi connectivity index (χ1n) is 8.52. The van der Waals surface area contributed by atoms with Gasteiger partial charge >= 0.3 is 0 Å². The summed E-state index contributed by atoms with van der Waals surface area (Å²) in [5.41, 5.74) is 0.560. The molecule has 1 aliphatic heterocycles. The van der Waals surface area contributed by atoms with Crippen LogP contribution in [-0.4, -0.2) is 35.2 Å². The number of nitrogens with one attached hydrogen (secondary N) is 1. The number of carbonyl (C=O) groups excluding carboxylic acids is 3. The summed E-state index contributed by atoms with van der Waals surface area (Å²) in [6.07, 6.45) is 6.87. The van der Waals surface area contributed by atoms with Crippen molar-refractivity contribution in [2.45, 2.75) is 51.0 Å². The molecule has 5 nitrogen and oxygen atoms in total. The van der Waals surface area contributed by atoms with Crippen LogP contribution in [0.4, 0.5) is 0 Å². The second-order valence-electron chi connectivity index (χ2n) is 6.43. The van der Waals surface area contributed by atoms with Crippen LogP contribution < -0.4 is 5.32 Å². The Morgan fingerprint density at radius 3 is 2.50 bits per heavy atom. The summed E-state index contributed by atoms with van der Waals surface area (Å²) in [5.74, 6) is -0.896. The monoisotopic (exact) mass is 348 g/mol. The van der Waals surface area contributed by atoms with E-state index in [1.807, 2.05) is 0 Å². The molecule has 128 valence electrons. The Kier molecular flexibility index (Phi) is 5.19. The van der Waals surface area contributed by atoms with Gasteiger partial charge in [-0.25, -0.2) is 0 Å². The van der Waals surface area contributed by atoms with Crippen molar-refractivity contribution in [3.63, 3.8) is 0 Å². The van der Waals surface area contributed by atoms with Crippen molar-refractivity contribution in [2.24, 2.45) is 0 Å². The first-order chi connectivity index (χ1) is 11.6. The van der Waals surface area contributed by atoms with E-state index in [0.29, 0.717) is 5.56 Å². The average Bonchev–Trinajstić information content (AvgIpc) is 2.73. The highest BCUT2D eigenvalue weighted by Gasteiger charge is 2.37. The zero-order valence-electron chi connectivity index (χ0n) is 13.5. The van der Waals surface area contributed by atoms with Gasteiger partial charge in [-0.3, -0.25) is 19.3 Å². The molecule has 0 aromatic heterocycles. The number of imide groups is 1. The largest absolute Gasteiger partial charge is 0.353 e. The first kappa shape index (κ1) is 17.0. The number of nitrogens with zero attached hydrogens (tertiary/aromatic N) is 1. The van der Waals surface area contributed by atoms with E-state index in [1.54, 1.807) is 18.2 Å². The van der Waals surface area contributed by atoms with Gasteiger partial charge in [-0.15, -0.1) is 0 Å². The summed E-state index contributed by atoms with van der Waals surface area (Å²) < 4.78 is 0. The number of hydrogen-bond acceptors (Lipinski definition) is 3. The Hall–Kier alpha value is -1.88. The van der Waals surface area contributed by atoms with Crippen LogP contribution in [0.25, 0.3) is 0 Å². The maximum Gasteiger partial charge on any atom is 0.263 e. The Morgan fingerprint density at radius 1 is 1.12 bits per heavy atom. The predicted molar refractivity (Wildman–Crippen MR) is 91.1 cm³/mol. The molecule has 1 fully saturated rings. The molecule has 0 atom stereocenters. The van der Waals surface area contributed by atoms with Crippen LogP contribution in [0.2, 0.25) is 5.02 Å². The highest BCUT2D eigenvalue weighted by atomic mass is 35.5. The minimum Gasteiger partial charge on any atom is -0.353 e. The molecule has 3 rings (SSSR count). The molecule has 2 aliphatic rings. The van der Waals surface area contributed by atoms with Crippen molar-refractivity contribution in [1.29, 1.82) is 0 Å². The van der Waals surface area contributed by atoms with Crippen molar-refractivity contribution < 1.29 is 14.4 Å². The van der Waals surface area contributed by atoms with Gasteiger partial charge in [0.05, 0.1) is 16.1 Å². The summed E-state index contributed by atoms with van der Waals surface area (Å²) in [6.45, 7) is 0.0846. The molecule has 1 aromatic carbocycles. The average molecular weight is 349 g/mol. The van der Waals surface area contributed by atoms with E-state index in [1.165, 1.54) is 12.8 Å². The van der Waals surface area contributed by atoms with Crippen LogP contribution in [0.5, 0.6) is 0 Å². The molecule has 0 bridgehead atoms. The van der Waals surface area contributed by atoms with Crippen molar-refractivity contribution in [3.05, 3.63) is 34.3 Å². The fourth-order valence-corrected chi connectivity index (χ4v) is 3.69. The summed E-state index contributed by atoms with van der Waals surface area (Å²) in [5, 5.41) is 3.31. The molecule has 0 unspecified atom stereocenters. The number of rotatable bonds is 4. The van der Waals surface area contributed by atoms with Crippen LogP contribution in [0.15, 0.2) is 18.2 Å². The maximum absolute atomic E-state index is 12.4. The van der Waals surface area contributed by atoms with E-state index >= 15 is 0 Å². The lowest BCUT2D eigenvalue weighted by molar-refractivity contribution is -0.121. The van der Waals surface area contributed by atoms with Gasteiger partial charge in [0.1, 0.15) is 0 Å². The van der Waals surface area contributed by atoms with Crippen molar-refractivity contribution in [2.75, 3.05) is 6.54 Å². The maximum atomic E-state index is 12.4. The SMILES string of the molecule is O=C(CCN1C(=O)c2cccc(Cl)c2C1=O)NC1CCCCCC1. The molecule has 0 radical (unpaired) electrons. The Balaban J connectivity index is 1.57. The molecule has 0 spiro atoms. The molecule has 24 heavy (non-hydrogen) atoms. The smallest absolute Gasteiger partial charge is 0.263 e. The lowest BCUT2D eigenvalue weighted by Gasteiger charge is -2.18. The normalized spacial score (nSPS) is 18.5. The summed E-state index contributed by atoms with van der Waals surface area (Å²) in [7, 11) is 0. The number of halogens is 1. The van der Waals surface area contributed by atoms with Crippen LogP contribution in [0.3, 0.4) is 0 Å². The minimum absolute atomic E-state index is 0.0846. The van der Waals surface area contributed by atoms with E-state index in [-0.39, 0.29) is 41.4 Å². The molecule has 1 saturated carbocycles. The zero-order chi connectivity index (χ0) is 17.1. The third-order valence-corrected chi connectivity index (χ3v) is 5.05. The number of hydrogen-bond donors (Lipinski definition) is 1. The zero-order valence-corrected chi connectivity index (χ0v) is 14.3. The van der Waals surface area contributed by atoms with Gasteiger partial charge in [-0.05, 0) is 25.0 Å². The van der Waals surface area contributed by atoms with Crippen LogP contribution in [0, 0.1) is 0 Å². The van der Waals surface area contributed by atoms with Crippen LogP contribution >= 0.6 is 11.6 Å². The van der Waals surface area contributed by atoms with Gasteiger partial charge < -0.3 is 5.32 Å².